The van der Waals surface area contributed by atoms with Crippen LogP contribution in [0.25, 0.3) is 0 Å². The Morgan fingerprint density at radius 1 is 1.10 bits per heavy atom. The molecule has 1 aromatic carbocycles. The van der Waals surface area contributed by atoms with Gasteiger partial charge in [0.2, 0.25) is 5.91 Å². The number of pyridine rings is 1. The molecule has 0 saturated carbocycles. The van der Waals surface area contributed by atoms with Crippen molar-refractivity contribution in [2.75, 3.05) is 11.9 Å². The Hall–Kier alpha value is -2.36. The van der Waals surface area contributed by atoms with Gasteiger partial charge in [0.25, 0.3) is 0 Å². The number of benzene rings is 1. The molecular formula is C17H21N3O. The van der Waals surface area contributed by atoms with E-state index in [0.717, 1.165) is 11.3 Å². The molecule has 1 aromatic heterocycles. The maximum atomic E-state index is 11.8. The summed E-state index contributed by atoms with van der Waals surface area (Å²) < 4.78 is 0. The second-order valence-electron chi connectivity index (χ2n) is 5.08. The van der Waals surface area contributed by atoms with Crippen LogP contribution < -0.4 is 10.6 Å². The summed E-state index contributed by atoms with van der Waals surface area (Å²) in [6.07, 6.45) is 3.91. The van der Waals surface area contributed by atoms with Crippen LogP contribution >= 0.6 is 0 Å². The van der Waals surface area contributed by atoms with Gasteiger partial charge in [-0.25, -0.2) is 0 Å². The van der Waals surface area contributed by atoms with E-state index in [0.29, 0.717) is 19.5 Å². The van der Waals surface area contributed by atoms with E-state index < -0.39 is 0 Å². The highest BCUT2D eigenvalue weighted by atomic mass is 16.1. The number of aryl methyl sites for hydroxylation is 2. The standard InChI is InChI=1S/C17H21N3O/c1-13-4-3-5-14(2)17(13)19-11-8-16(21)20-12-15-6-9-18-10-7-15/h3-7,9-10,19H,8,11-12H2,1-2H3,(H,20,21). The minimum absolute atomic E-state index is 0.0468. The lowest BCUT2D eigenvalue weighted by molar-refractivity contribution is -0.121. The minimum Gasteiger partial charge on any atom is -0.384 e. The number of amides is 1. The smallest absolute Gasteiger partial charge is 0.222 e. The van der Waals surface area contributed by atoms with E-state index in [1.807, 2.05) is 18.2 Å². The zero-order chi connectivity index (χ0) is 15.1. The Morgan fingerprint density at radius 3 is 2.43 bits per heavy atom. The summed E-state index contributed by atoms with van der Waals surface area (Å²) in [6.45, 7) is 5.32. The quantitative estimate of drug-likeness (QED) is 0.857. The molecule has 1 heterocycles. The minimum atomic E-state index is 0.0468. The molecule has 2 rings (SSSR count). The molecular weight excluding hydrogens is 262 g/mol. The lowest BCUT2D eigenvalue weighted by atomic mass is 10.1. The molecule has 21 heavy (non-hydrogen) atoms. The first-order valence-corrected chi connectivity index (χ1v) is 7.12. The van der Waals surface area contributed by atoms with Gasteiger partial charge in [0.05, 0.1) is 0 Å². The van der Waals surface area contributed by atoms with Crippen molar-refractivity contribution in [1.82, 2.24) is 10.3 Å². The van der Waals surface area contributed by atoms with Crippen molar-refractivity contribution in [2.45, 2.75) is 26.8 Å². The van der Waals surface area contributed by atoms with Crippen LogP contribution in [0.3, 0.4) is 0 Å². The zero-order valence-electron chi connectivity index (χ0n) is 12.5. The third-order valence-corrected chi connectivity index (χ3v) is 3.37. The number of nitrogens with zero attached hydrogens (tertiary/aromatic N) is 1. The van der Waals surface area contributed by atoms with E-state index in [-0.39, 0.29) is 5.91 Å². The number of para-hydroxylation sites is 1. The van der Waals surface area contributed by atoms with E-state index in [1.54, 1.807) is 12.4 Å². The number of aromatic nitrogens is 1. The normalized spacial score (nSPS) is 10.2. The molecule has 0 atom stereocenters. The molecule has 0 bridgehead atoms. The van der Waals surface area contributed by atoms with Crippen molar-refractivity contribution in [3.63, 3.8) is 0 Å². The zero-order valence-corrected chi connectivity index (χ0v) is 12.5. The third kappa shape index (κ3) is 4.60. The number of rotatable bonds is 6. The van der Waals surface area contributed by atoms with Crippen LogP contribution in [0, 0.1) is 13.8 Å². The summed E-state index contributed by atoms with van der Waals surface area (Å²) in [7, 11) is 0. The number of nitrogens with one attached hydrogen (secondary N) is 2. The van der Waals surface area contributed by atoms with Crippen LogP contribution in [0.15, 0.2) is 42.7 Å². The topological polar surface area (TPSA) is 54.0 Å². The van der Waals surface area contributed by atoms with Gasteiger partial charge in [-0.15, -0.1) is 0 Å². The largest absolute Gasteiger partial charge is 0.384 e. The highest BCUT2D eigenvalue weighted by molar-refractivity contribution is 5.76. The maximum absolute atomic E-state index is 11.8. The van der Waals surface area contributed by atoms with Gasteiger partial charge in [-0.2, -0.15) is 0 Å². The Morgan fingerprint density at radius 2 is 1.76 bits per heavy atom. The fourth-order valence-electron chi connectivity index (χ4n) is 2.18. The van der Waals surface area contributed by atoms with Gasteiger partial charge in [0.1, 0.15) is 0 Å². The van der Waals surface area contributed by atoms with Gasteiger partial charge in [-0.3, -0.25) is 9.78 Å². The molecule has 4 heteroatoms. The second-order valence-corrected chi connectivity index (χ2v) is 5.08. The third-order valence-electron chi connectivity index (χ3n) is 3.37. The number of hydrogen-bond donors (Lipinski definition) is 2. The second kappa shape index (κ2) is 7.43. The van der Waals surface area contributed by atoms with Crippen molar-refractivity contribution >= 4 is 11.6 Å². The molecule has 1 amide bonds. The van der Waals surface area contributed by atoms with E-state index >= 15 is 0 Å². The lowest BCUT2D eigenvalue weighted by Gasteiger charge is -2.12. The van der Waals surface area contributed by atoms with Gasteiger partial charge >= 0.3 is 0 Å². The molecule has 0 saturated heterocycles. The van der Waals surface area contributed by atoms with Crippen molar-refractivity contribution in [2.24, 2.45) is 0 Å². The van der Waals surface area contributed by atoms with Crippen LogP contribution in [0.4, 0.5) is 5.69 Å². The maximum Gasteiger partial charge on any atom is 0.222 e. The molecule has 0 aliphatic rings. The molecule has 110 valence electrons. The Kier molecular flexibility index (Phi) is 5.32. The molecule has 0 unspecified atom stereocenters. The van der Waals surface area contributed by atoms with Crippen molar-refractivity contribution in [3.05, 3.63) is 59.4 Å². The van der Waals surface area contributed by atoms with Gasteiger partial charge in [0.15, 0.2) is 0 Å². The summed E-state index contributed by atoms with van der Waals surface area (Å²) in [4.78, 5) is 15.8. The van der Waals surface area contributed by atoms with Crippen LogP contribution in [0.2, 0.25) is 0 Å². The monoisotopic (exact) mass is 283 g/mol. The molecule has 2 N–H and O–H groups in total. The first-order valence-electron chi connectivity index (χ1n) is 7.12. The summed E-state index contributed by atoms with van der Waals surface area (Å²) in [6, 6.07) is 9.97. The van der Waals surface area contributed by atoms with E-state index in [4.69, 9.17) is 0 Å². The van der Waals surface area contributed by atoms with Crippen LogP contribution in [0.5, 0.6) is 0 Å². The van der Waals surface area contributed by atoms with Crippen molar-refractivity contribution in [3.8, 4) is 0 Å². The Balaban J connectivity index is 1.75. The Bertz CT molecular complexity index is 576. The van der Waals surface area contributed by atoms with E-state index in [9.17, 15) is 4.79 Å². The number of hydrogen-bond acceptors (Lipinski definition) is 3. The molecule has 0 spiro atoms. The van der Waals surface area contributed by atoms with Crippen LogP contribution in [-0.4, -0.2) is 17.4 Å². The average molecular weight is 283 g/mol. The van der Waals surface area contributed by atoms with Gasteiger partial charge in [0, 0.05) is 37.6 Å². The Labute approximate surface area is 125 Å². The molecule has 0 aliphatic heterocycles. The lowest BCUT2D eigenvalue weighted by Crippen LogP contribution is -2.25. The first kappa shape index (κ1) is 15.0. The van der Waals surface area contributed by atoms with E-state index in [2.05, 4.69) is 41.6 Å². The van der Waals surface area contributed by atoms with Crippen LogP contribution in [-0.2, 0) is 11.3 Å². The van der Waals surface area contributed by atoms with E-state index in [1.165, 1.54) is 11.1 Å². The van der Waals surface area contributed by atoms with Crippen molar-refractivity contribution in [1.29, 1.82) is 0 Å². The summed E-state index contributed by atoms with van der Waals surface area (Å²) in [5, 5.41) is 6.25. The number of carbonyl (C=O) groups is 1. The molecule has 0 radical (unpaired) electrons. The first-order chi connectivity index (χ1) is 10.2. The SMILES string of the molecule is Cc1cccc(C)c1NCCC(=O)NCc1ccncc1. The number of anilines is 1. The average Bonchev–Trinajstić information content (AvgIpc) is 2.49. The highest BCUT2D eigenvalue weighted by Crippen LogP contribution is 2.18. The molecule has 0 aliphatic carbocycles. The van der Waals surface area contributed by atoms with Crippen molar-refractivity contribution < 1.29 is 4.79 Å². The number of carbonyl (C=O) groups excluding carboxylic acids is 1. The summed E-state index contributed by atoms with van der Waals surface area (Å²) >= 11 is 0. The fourth-order valence-corrected chi connectivity index (χ4v) is 2.18. The summed E-state index contributed by atoms with van der Waals surface area (Å²) in [5.41, 5.74) is 4.58. The molecule has 2 aromatic rings. The highest BCUT2D eigenvalue weighted by Gasteiger charge is 2.04. The summed E-state index contributed by atoms with van der Waals surface area (Å²) in [5.74, 6) is 0.0468. The van der Waals surface area contributed by atoms with Gasteiger partial charge < -0.3 is 10.6 Å². The molecule has 4 nitrogen and oxygen atoms in total. The predicted molar refractivity (Wildman–Crippen MR) is 85.1 cm³/mol. The van der Waals surface area contributed by atoms with Crippen LogP contribution in [0.1, 0.15) is 23.1 Å². The molecule has 0 fully saturated rings. The predicted octanol–water partition coefficient (Wildman–Crippen LogP) is 2.82. The fraction of sp³-hybridized carbons (Fsp3) is 0.294. The van der Waals surface area contributed by atoms with Gasteiger partial charge in [-0.05, 0) is 42.7 Å². The van der Waals surface area contributed by atoms with Gasteiger partial charge in [-0.1, -0.05) is 18.2 Å².